The predicted octanol–water partition coefficient (Wildman–Crippen LogP) is 2.70. The highest BCUT2D eigenvalue weighted by molar-refractivity contribution is 6.21. The normalized spacial score (nSPS) is 21.8. The summed E-state index contributed by atoms with van der Waals surface area (Å²) < 4.78 is 1.66. The van der Waals surface area contributed by atoms with Gasteiger partial charge in [0.05, 0.1) is 34.2 Å². The third-order valence-corrected chi connectivity index (χ3v) is 6.64. The molecule has 0 bridgehead atoms. The number of likely N-dealkylation sites (tertiary alicyclic amines) is 1. The lowest BCUT2D eigenvalue weighted by atomic mass is 9.91. The molecule has 0 saturated carbocycles. The van der Waals surface area contributed by atoms with Crippen molar-refractivity contribution >= 4 is 28.9 Å². The number of aromatic nitrogens is 2. The van der Waals surface area contributed by atoms with E-state index < -0.39 is 30.0 Å². The number of carboxylic acid groups (broad SMARTS) is 1. The van der Waals surface area contributed by atoms with Gasteiger partial charge < -0.3 is 15.0 Å². The molecule has 9 nitrogen and oxygen atoms in total. The number of piperidine rings is 1. The highest BCUT2D eigenvalue weighted by Crippen LogP contribution is 2.34. The molecule has 1 saturated heterocycles. The van der Waals surface area contributed by atoms with Gasteiger partial charge in [-0.25, -0.2) is 9.59 Å². The number of hydrogen-bond donors (Lipinski definition) is 2. The maximum Gasteiger partial charge on any atom is 0.407 e. The number of imidazole rings is 1. The molecule has 2 aliphatic heterocycles. The zero-order chi connectivity index (χ0) is 22.6. The molecule has 5 rings (SSSR count). The van der Waals surface area contributed by atoms with Crippen LogP contribution in [0.3, 0.4) is 0 Å². The number of para-hydroxylation sites is 2. The molecule has 164 valence electrons. The lowest BCUT2D eigenvalue weighted by molar-refractivity contribution is 0.0335. The lowest BCUT2D eigenvalue weighted by Crippen LogP contribution is -2.57. The van der Waals surface area contributed by atoms with Crippen LogP contribution in [0.2, 0.25) is 0 Å². The average Bonchev–Trinajstić information content (AvgIpc) is 3.26. The largest absolute Gasteiger partial charge is 0.465 e. The van der Waals surface area contributed by atoms with Gasteiger partial charge in [0.25, 0.3) is 11.8 Å². The first kappa shape index (κ1) is 20.0. The first-order valence-electron chi connectivity index (χ1n) is 10.5. The molecule has 3 heterocycles. The van der Waals surface area contributed by atoms with Gasteiger partial charge in [0.1, 0.15) is 0 Å². The Morgan fingerprint density at radius 1 is 1.03 bits per heavy atom. The first-order chi connectivity index (χ1) is 15.4. The Hall–Kier alpha value is -3.88. The van der Waals surface area contributed by atoms with E-state index >= 15 is 0 Å². The van der Waals surface area contributed by atoms with E-state index in [1.54, 1.807) is 35.8 Å². The minimum atomic E-state index is -1.11. The van der Waals surface area contributed by atoms with Crippen LogP contribution in [0.25, 0.3) is 11.0 Å². The van der Waals surface area contributed by atoms with E-state index in [2.05, 4.69) is 4.98 Å². The van der Waals surface area contributed by atoms with E-state index in [1.165, 1.54) is 4.90 Å². The molecule has 32 heavy (non-hydrogen) atoms. The summed E-state index contributed by atoms with van der Waals surface area (Å²) in [6.07, 6.45) is -0.342. The lowest BCUT2D eigenvalue weighted by Gasteiger charge is -2.43. The fourth-order valence-electron chi connectivity index (χ4n) is 5.09. The summed E-state index contributed by atoms with van der Waals surface area (Å²) in [5, 5.41) is 9.81. The van der Waals surface area contributed by atoms with Gasteiger partial charge in [0.2, 0.25) is 0 Å². The third-order valence-electron chi connectivity index (χ3n) is 6.64. The molecular weight excluding hydrogens is 412 g/mol. The molecule has 2 aliphatic rings. The fraction of sp³-hybridized carbons (Fsp3) is 0.304. The van der Waals surface area contributed by atoms with Crippen molar-refractivity contribution in [3.63, 3.8) is 0 Å². The Labute approximate surface area is 182 Å². The van der Waals surface area contributed by atoms with E-state index in [0.717, 1.165) is 10.4 Å². The number of imide groups is 1. The van der Waals surface area contributed by atoms with Crippen LogP contribution < -0.4 is 5.69 Å². The van der Waals surface area contributed by atoms with E-state index in [1.807, 2.05) is 24.3 Å². The van der Waals surface area contributed by atoms with Gasteiger partial charge in [-0.2, -0.15) is 0 Å². The summed E-state index contributed by atoms with van der Waals surface area (Å²) in [5.41, 5.74) is 1.85. The zero-order valence-electron chi connectivity index (χ0n) is 17.4. The van der Waals surface area contributed by atoms with Gasteiger partial charge in [0.15, 0.2) is 0 Å². The van der Waals surface area contributed by atoms with Crippen LogP contribution in [0.1, 0.15) is 46.5 Å². The summed E-state index contributed by atoms with van der Waals surface area (Å²) in [5.74, 6) is -0.843. The van der Waals surface area contributed by atoms with Crippen LogP contribution in [-0.4, -0.2) is 61.0 Å². The Bertz CT molecular complexity index is 1270. The molecule has 3 atom stereocenters. The van der Waals surface area contributed by atoms with Crippen molar-refractivity contribution in [2.75, 3.05) is 6.54 Å². The number of carbonyl (C=O) groups excluding carboxylic acids is 2. The van der Waals surface area contributed by atoms with Crippen molar-refractivity contribution in [3.8, 4) is 0 Å². The quantitative estimate of drug-likeness (QED) is 0.615. The molecule has 3 aromatic rings. The van der Waals surface area contributed by atoms with Crippen molar-refractivity contribution in [3.05, 3.63) is 70.1 Å². The van der Waals surface area contributed by atoms with Crippen LogP contribution >= 0.6 is 0 Å². The number of H-pyrrole nitrogens is 1. The van der Waals surface area contributed by atoms with Crippen molar-refractivity contribution in [1.29, 1.82) is 0 Å². The van der Waals surface area contributed by atoms with Gasteiger partial charge >= 0.3 is 11.8 Å². The van der Waals surface area contributed by atoms with Crippen LogP contribution in [0.5, 0.6) is 0 Å². The monoisotopic (exact) mass is 434 g/mol. The maximum absolute atomic E-state index is 13.0. The van der Waals surface area contributed by atoms with Gasteiger partial charge in [-0.3, -0.25) is 19.1 Å². The van der Waals surface area contributed by atoms with Crippen molar-refractivity contribution in [2.24, 2.45) is 0 Å². The summed E-state index contributed by atoms with van der Waals surface area (Å²) >= 11 is 0. The second-order valence-electron chi connectivity index (χ2n) is 8.31. The molecular formula is C23H22N4O5. The van der Waals surface area contributed by atoms with Crippen LogP contribution in [-0.2, 0) is 0 Å². The van der Waals surface area contributed by atoms with E-state index in [4.69, 9.17) is 0 Å². The average molecular weight is 434 g/mol. The Morgan fingerprint density at radius 3 is 2.31 bits per heavy atom. The second kappa shape index (κ2) is 7.37. The van der Waals surface area contributed by atoms with Crippen LogP contribution in [0.4, 0.5) is 4.79 Å². The molecule has 0 radical (unpaired) electrons. The number of rotatable bonds is 3. The molecule has 0 aliphatic carbocycles. The minimum Gasteiger partial charge on any atom is -0.465 e. The summed E-state index contributed by atoms with van der Waals surface area (Å²) in [4.78, 5) is 56.0. The van der Waals surface area contributed by atoms with Gasteiger partial charge in [-0.15, -0.1) is 0 Å². The summed E-state index contributed by atoms with van der Waals surface area (Å²) in [7, 11) is 0. The number of hydrogen-bond acceptors (Lipinski definition) is 4. The van der Waals surface area contributed by atoms with E-state index in [-0.39, 0.29) is 18.3 Å². The van der Waals surface area contributed by atoms with Gasteiger partial charge in [-0.1, -0.05) is 24.3 Å². The number of nitrogens with one attached hydrogen (secondary N) is 1. The SMILES string of the molecule is CC(C1CC(n2c(=O)[nH]c3ccccc32)CCN1C(=O)O)N1C(=O)c2ccccc2C1=O. The predicted molar refractivity (Wildman–Crippen MR) is 116 cm³/mol. The van der Waals surface area contributed by atoms with Crippen molar-refractivity contribution < 1.29 is 19.5 Å². The number of aromatic amines is 1. The number of nitrogens with zero attached hydrogens (tertiary/aromatic N) is 3. The number of amides is 3. The minimum absolute atomic E-state index is 0.199. The maximum atomic E-state index is 13.0. The second-order valence-corrected chi connectivity index (χ2v) is 8.31. The summed E-state index contributed by atoms with van der Waals surface area (Å²) in [6, 6.07) is 12.3. The van der Waals surface area contributed by atoms with Crippen molar-refractivity contribution in [2.45, 2.75) is 37.9 Å². The number of carbonyl (C=O) groups is 3. The topological polar surface area (TPSA) is 116 Å². The highest BCUT2D eigenvalue weighted by atomic mass is 16.4. The van der Waals surface area contributed by atoms with Crippen LogP contribution in [0, 0.1) is 0 Å². The van der Waals surface area contributed by atoms with E-state index in [9.17, 15) is 24.3 Å². The molecule has 3 unspecified atom stereocenters. The number of fused-ring (bicyclic) bond motifs is 2. The molecule has 3 amide bonds. The highest BCUT2D eigenvalue weighted by Gasteiger charge is 2.45. The Balaban J connectivity index is 1.50. The molecule has 0 spiro atoms. The fourth-order valence-corrected chi connectivity index (χ4v) is 5.09. The molecule has 9 heteroatoms. The summed E-state index contributed by atoms with van der Waals surface area (Å²) in [6.45, 7) is 1.90. The molecule has 1 fully saturated rings. The Kier molecular flexibility index (Phi) is 4.61. The Morgan fingerprint density at radius 2 is 1.66 bits per heavy atom. The smallest absolute Gasteiger partial charge is 0.407 e. The third kappa shape index (κ3) is 2.92. The van der Waals surface area contributed by atoms with Gasteiger partial charge in [0, 0.05) is 12.6 Å². The number of benzene rings is 2. The molecule has 2 N–H and O–H groups in total. The van der Waals surface area contributed by atoms with Crippen molar-refractivity contribution in [1.82, 2.24) is 19.4 Å². The molecule has 1 aromatic heterocycles. The van der Waals surface area contributed by atoms with E-state index in [0.29, 0.717) is 29.5 Å². The standard InChI is InChI=1S/C23H22N4O5/c1-13(26-20(28)15-6-2-3-7-16(15)21(26)29)19-12-14(10-11-25(19)23(31)32)27-18-9-5-4-8-17(18)24-22(27)30/h2-9,13-14,19H,10-12H2,1H3,(H,24,30)(H,31,32). The van der Waals surface area contributed by atoms with Gasteiger partial charge in [-0.05, 0) is 44.0 Å². The molecule has 2 aromatic carbocycles. The first-order valence-corrected chi connectivity index (χ1v) is 10.5. The zero-order valence-corrected chi connectivity index (χ0v) is 17.4. The van der Waals surface area contributed by atoms with Crippen LogP contribution in [0.15, 0.2) is 53.3 Å².